The molecule has 0 spiro atoms. The van der Waals surface area contributed by atoms with Gasteiger partial charge < -0.3 is 14.4 Å². The first-order valence-electron chi connectivity index (χ1n) is 5.88. The second-order valence-corrected chi connectivity index (χ2v) is 4.12. The molecule has 5 nitrogen and oxygen atoms in total. The molecule has 1 atom stereocenters. The van der Waals surface area contributed by atoms with Crippen molar-refractivity contribution in [2.45, 2.75) is 6.92 Å². The molecule has 0 saturated carbocycles. The number of furan rings is 1. The molecule has 0 aromatic carbocycles. The van der Waals surface area contributed by atoms with Gasteiger partial charge in [0.1, 0.15) is 5.76 Å². The van der Waals surface area contributed by atoms with Gasteiger partial charge in [-0.1, -0.05) is 13.0 Å². The predicted octanol–water partition coefficient (Wildman–Crippen LogP) is 2.03. The average Bonchev–Trinajstić information content (AvgIpc) is 2.88. The lowest BCUT2D eigenvalue weighted by molar-refractivity contribution is -0.142. The van der Waals surface area contributed by atoms with Crippen molar-refractivity contribution in [1.29, 1.82) is 0 Å². The van der Waals surface area contributed by atoms with E-state index in [-0.39, 0.29) is 12.5 Å². The highest BCUT2D eigenvalue weighted by Crippen LogP contribution is 2.05. The topological polar surface area (TPSA) is 70.8 Å². The minimum Gasteiger partial charge on any atom is -0.481 e. The maximum Gasteiger partial charge on any atom is 0.308 e. The van der Waals surface area contributed by atoms with Crippen molar-refractivity contribution in [1.82, 2.24) is 4.90 Å². The summed E-state index contributed by atoms with van der Waals surface area (Å²) in [5.41, 5.74) is 0. The quantitative estimate of drug-likeness (QED) is 0.603. The average molecular weight is 263 g/mol. The smallest absolute Gasteiger partial charge is 0.308 e. The number of amides is 1. The number of carboxylic acid groups (broad SMARTS) is 1. The molecular formula is C14H17NO4. The van der Waals surface area contributed by atoms with Crippen LogP contribution in [0.4, 0.5) is 0 Å². The van der Waals surface area contributed by atoms with Crippen LogP contribution in [-0.4, -0.2) is 35.0 Å². The van der Waals surface area contributed by atoms with Crippen LogP contribution >= 0.6 is 0 Å². The summed E-state index contributed by atoms with van der Waals surface area (Å²) < 4.78 is 5.07. The van der Waals surface area contributed by atoms with E-state index in [0.717, 1.165) is 0 Å². The van der Waals surface area contributed by atoms with Gasteiger partial charge in [0.2, 0.25) is 5.91 Å². The lowest BCUT2D eigenvalue weighted by Crippen LogP contribution is -2.36. The second kappa shape index (κ2) is 7.20. The summed E-state index contributed by atoms with van der Waals surface area (Å²) in [6.07, 6.45) is 5.98. The SMILES string of the molecule is C=CCN(CC(C)C(=O)O)C(=O)/C=C/c1ccco1. The van der Waals surface area contributed by atoms with Crippen LogP contribution in [-0.2, 0) is 9.59 Å². The van der Waals surface area contributed by atoms with E-state index in [2.05, 4.69) is 6.58 Å². The Hall–Kier alpha value is -2.30. The number of rotatable bonds is 7. The lowest BCUT2D eigenvalue weighted by Gasteiger charge is -2.21. The fourth-order valence-corrected chi connectivity index (χ4v) is 1.46. The van der Waals surface area contributed by atoms with E-state index < -0.39 is 11.9 Å². The molecule has 5 heteroatoms. The third-order valence-corrected chi connectivity index (χ3v) is 2.51. The number of nitrogens with zero attached hydrogens (tertiary/aromatic N) is 1. The summed E-state index contributed by atoms with van der Waals surface area (Å²) >= 11 is 0. The monoisotopic (exact) mass is 263 g/mol. The molecule has 102 valence electrons. The first-order valence-corrected chi connectivity index (χ1v) is 5.88. The highest BCUT2D eigenvalue weighted by Gasteiger charge is 2.18. The molecule has 1 heterocycles. The fourth-order valence-electron chi connectivity index (χ4n) is 1.46. The molecule has 0 saturated heterocycles. The van der Waals surface area contributed by atoms with Crippen LogP contribution in [0.1, 0.15) is 12.7 Å². The highest BCUT2D eigenvalue weighted by molar-refractivity contribution is 5.91. The van der Waals surface area contributed by atoms with Gasteiger partial charge in [0.15, 0.2) is 0 Å². The summed E-state index contributed by atoms with van der Waals surface area (Å²) in [5.74, 6) is -1.26. The van der Waals surface area contributed by atoms with Gasteiger partial charge >= 0.3 is 5.97 Å². The van der Waals surface area contributed by atoms with E-state index in [9.17, 15) is 9.59 Å². The van der Waals surface area contributed by atoms with Crippen molar-refractivity contribution in [2.24, 2.45) is 5.92 Å². The zero-order valence-corrected chi connectivity index (χ0v) is 10.8. The Kier molecular flexibility index (Phi) is 5.60. The van der Waals surface area contributed by atoms with Gasteiger partial charge in [-0.3, -0.25) is 9.59 Å². The van der Waals surface area contributed by atoms with Crippen LogP contribution in [0.25, 0.3) is 6.08 Å². The molecule has 1 aromatic heterocycles. The van der Waals surface area contributed by atoms with Crippen molar-refractivity contribution in [2.75, 3.05) is 13.1 Å². The standard InChI is InChI=1S/C14H17NO4/c1-3-8-15(10-11(2)14(17)18)13(16)7-6-12-5-4-9-19-12/h3-7,9,11H,1,8,10H2,2H3,(H,17,18)/b7-6+. The van der Waals surface area contributed by atoms with E-state index in [4.69, 9.17) is 9.52 Å². The van der Waals surface area contributed by atoms with Crippen LogP contribution in [0.3, 0.4) is 0 Å². The van der Waals surface area contributed by atoms with Gasteiger partial charge in [0.05, 0.1) is 12.2 Å². The molecule has 19 heavy (non-hydrogen) atoms. The van der Waals surface area contributed by atoms with E-state index in [0.29, 0.717) is 12.3 Å². The van der Waals surface area contributed by atoms with Crippen molar-refractivity contribution in [3.8, 4) is 0 Å². The summed E-state index contributed by atoms with van der Waals surface area (Å²) in [7, 11) is 0. The molecule has 1 amide bonds. The largest absolute Gasteiger partial charge is 0.481 e. The Labute approximate surface area is 111 Å². The van der Waals surface area contributed by atoms with Gasteiger partial charge in [-0.25, -0.2) is 0 Å². The van der Waals surface area contributed by atoms with Gasteiger partial charge in [-0.15, -0.1) is 6.58 Å². The molecule has 0 aliphatic carbocycles. The van der Waals surface area contributed by atoms with Crippen LogP contribution in [0.5, 0.6) is 0 Å². The predicted molar refractivity (Wildman–Crippen MR) is 71.3 cm³/mol. The first-order chi connectivity index (χ1) is 9.04. The number of hydrogen-bond donors (Lipinski definition) is 1. The molecule has 1 rings (SSSR count). The second-order valence-electron chi connectivity index (χ2n) is 4.12. The van der Waals surface area contributed by atoms with E-state index in [1.54, 1.807) is 31.2 Å². The van der Waals surface area contributed by atoms with Crippen molar-refractivity contribution < 1.29 is 19.1 Å². The summed E-state index contributed by atoms with van der Waals surface area (Å²) in [5, 5.41) is 8.86. The highest BCUT2D eigenvalue weighted by atomic mass is 16.4. The van der Waals surface area contributed by atoms with Crippen molar-refractivity contribution >= 4 is 18.0 Å². The van der Waals surface area contributed by atoms with Gasteiger partial charge in [0.25, 0.3) is 0 Å². The molecule has 0 bridgehead atoms. The van der Waals surface area contributed by atoms with Crippen molar-refractivity contribution in [3.63, 3.8) is 0 Å². The molecule has 0 fully saturated rings. The number of aliphatic carboxylic acids is 1. The Morgan fingerprint density at radius 2 is 2.32 bits per heavy atom. The van der Waals surface area contributed by atoms with Crippen molar-refractivity contribution in [3.05, 3.63) is 42.9 Å². The fraction of sp³-hybridized carbons (Fsp3) is 0.286. The number of carboxylic acids is 1. The summed E-state index contributed by atoms with van der Waals surface area (Å²) in [6.45, 7) is 5.56. The number of carbonyl (C=O) groups excluding carboxylic acids is 1. The minimum absolute atomic E-state index is 0.142. The van der Waals surface area contributed by atoms with E-state index >= 15 is 0 Å². The van der Waals surface area contributed by atoms with Gasteiger partial charge in [0, 0.05) is 19.2 Å². The molecule has 1 aromatic rings. The third-order valence-electron chi connectivity index (χ3n) is 2.51. The van der Waals surface area contributed by atoms with Crippen LogP contribution in [0.2, 0.25) is 0 Å². The van der Waals surface area contributed by atoms with Crippen LogP contribution in [0.15, 0.2) is 41.5 Å². The Bertz CT molecular complexity index is 462. The summed E-state index contributed by atoms with van der Waals surface area (Å²) in [4.78, 5) is 24.2. The molecule has 1 unspecified atom stereocenters. The van der Waals surface area contributed by atoms with E-state index in [1.807, 2.05) is 0 Å². The zero-order valence-electron chi connectivity index (χ0n) is 10.8. The molecule has 0 aliphatic heterocycles. The minimum atomic E-state index is -0.933. The Morgan fingerprint density at radius 3 is 2.84 bits per heavy atom. The first kappa shape index (κ1) is 14.8. The molecule has 0 radical (unpaired) electrons. The van der Waals surface area contributed by atoms with Gasteiger partial charge in [-0.05, 0) is 18.2 Å². The number of hydrogen-bond acceptors (Lipinski definition) is 3. The number of carbonyl (C=O) groups is 2. The normalized spacial score (nSPS) is 12.3. The molecular weight excluding hydrogens is 246 g/mol. The third kappa shape index (κ3) is 4.83. The van der Waals surface area contributed by atoms with Crippen LogP contribution in [0, 0.1) is 5.92 Å². The zero-order chi connectivity index (χ0) is 14.3. The lowest BCUT2D eigenvalue weighted by atomic mass is 10.1. The molecule has 0 aliphatic rings. The maximum atomic E-state index is 11.9. The Balaban J connectivity index is 2.67. The van der Waals surface area contributed by atoms with Gasteiger partial charge in [-0.2, -0.15) is 0 Å². The maximum absolute atomic E-state index is 11.9. The van der Waals surface area contributed by atoms with Crippen LogP contribution < -0.4 is 0 Å². The molecule has 1 N–H and O–H groups in total. The van der Waals surface area contributed by atoms with E-state index in [1.165, 1.54) is 17.2 Å². The summed E-state index contributed by atoms with van der Waals surface area (Å²) in [6, 6.07) is 3.44. The Morgan fingerprint density at radius 1 is 1.58 bits per heavy atom.